The van der Waals surface area contributed by atoms with Crippen LogP contribution in [0.4, 0.5) is 0 Å². The van der Waals surface area contributed by atoms with Crippen LogP contribution in [0.1, 0.15) is 213 Å². The van der Waals surface area contributed by atoms with E-state index in [4.69, 9.17) is 14.2 Å². The van der Waals surface area contributed by atoms with Gasteiger partial charge in [-0.2, -0.15) is 0 Å². The Morgan fingerprint density at radius 2 is 0.647 bits per heavy atom. The van der Waals surface area contributed by atoms with Gasteiger partial charge in [-0.1, -0.05) is 224 Å². The van der Waals surface area contributed by atoms with Crippen molar-refractivity contribution in [2.24, 2.45) is 0 Å². The first kappa shape index (κ1) is 63.8. The van der Waals surface area contributed by atoms with Crippen molar-refractivity contribution in [1.29, 1.82) is 0 Å². The van der Waals surface area contributed by atoms with Gasteiger partial charge in [-0.3, -0.25) is 9.59 Å². The van der Waals surface area contributed by atoms with Gasteiger partial charge in [0, 0.05) is 19.4 Å². The fourth-order valence-electron chi connectivity index (χ4n) is 6.92. The van der Waals surface area contributed by atoms with E-state index in [1.807, 2.05) is 6.08 Å². The summed E-state index contributed by atoms with van der Waals surface area (Å²) in [5, 5.41) is 0. The number of carbonyl (C=O) groups is 2. The van der Waals surface area contributed by atoms with Gasteiger partial charge in [0.2, 0.25) is 0 Å². The Bertz CT molecular complexity index is 1480. The van der Waals surface area contributed by atoms with Crippen molar-refractivity contribution in [2.75, 3.05) is 19.8 Å². The molecule has 0 aliphatic heterocycles. The maximum absolute atomic E-state index is 12.8. The van der Waals surface area contributed by atoms with Crippen molar-refractivity contribution in [3.63, 3.8) is 0 Å². The van der Waals surface area contributed by atoms with E-state index in [1.165, 1.54) is 51.4 Å². The number of allylic oxidation sites excluding steroid dienone is 24. The summed E-state index contributed by atoms with van der Waals surface area (Å²) in [6.07, 6.45) is 83.0. The molecular formula is C63H100O5. The summed E-state index contributed by atoms with van der Waals surface area (Å²) < 4.78 is 17.4. The maximum atomic E-state index is 12.8. The Labute approximate surface area is 419 Å². The van der Waals surface area contributed by atoms with Crippen LogP contribution in [0, 0.1) is 0 Å². The van der Waals surface area contributed by atoms with Gasteiger partial charge in [-0.25, -0.2) is 0 Å². The Balaban J connectivity index is 4.47. The molecule has 5 nitrogen and oxygen atoms in total. The maximum Gasteiger partial charge on any atom is 0.306 e. The van der Waals surface area contributed by atoms with Crippen molar-refractivity contribution in [1.82, 2.24) is 0 Å². The summed E-state index contributed by atoms with van der Waals surface area (Å²) in [6.45, 7) is 7.36. The van der Waals surface area contributed by atoms with Crippen molar-refractivity contribution < 1.29 is 23.8 Å². The van der Waals surface area contributed by atoms with Crippen LogP contribution in [0.2, 0.25) is 0 Å². The van der Waals surface area contributed by atoms with Crippen molar-refractivity contribution in [2.45, 2.75) is 219 Å². The third kappa shape index (κ3) is 54.4. The Morgan fingerprint density at radius 1 is 0.324 bits per heavy atom. The van der Waals surface area contributed by atoms with Crippen LogP contribution in [0.5, 0.6) is 0 Å². The molecule has 0 spiro atoms. The molecule has 0 fully saturated rings. The van der Waals surface area contributed by atoms with Crippen LogP contribution in [0.25, 0.3) is 0 Å². The summed E-state index contributed by atoms with van der Waals surface area (Å²) in [5.41, 5.74) is 0. The zero-order valence-electron chi connectivity index (χ0n) is 43.8. The quantitative estimate of drug-likeness (QED) is 0.0346. The second kappa shape index (κ2) is 57.1. The second-order valence-corrected chi connectivity index (χ2v) is 17.3. The molecule has 5 heteroatoms. The molecule has 0 aliphatic carbocycles. The molecule has 0 amide bonds. The van der Waals surface area contributed by atoms with Crippen LogP contribution >= 0.6 is 0 Å². The molecule has 0 aromatic heterocycles. The monoisotopic (exact) mass is 937 g/mol. The third-order valence-corrected chi connectivity index (χ3v) is 10.9. The molecule has 0 rings (SSSR count). The van der Waals surface area contributed by atoms with E-state index in [1.54, 1.807) is 0 Å². The highest BCUT2D eigenvalue weighted by Crippen LogP contribution is 2.13. The van der Waals surface area contributed by atoms with Gasteiger partial charge in [-0.15, -0.1) is 0 Å². The normalized spacial score (nSPS) is 13.4. The van der Waals surface area contributed by atoms with Crippen molar-refractivity contribution in [3.8, 4) is 0 Å². The number of carbonyl (C=O) groups excluding carboxylic acids is 2. The molecule has 1 atom stereocenters. The minimum atomic E-state index is -0.591. The van der Waals surface area contributed by atoms with Gasteiger partial charge in [0.15, 0.2) is 6.10 Å². The summed E-state index contributed by atoms with van der Waals surface area (Å²) in [5.74, 6) is -0.523. The first-order chi connectivity index (χ1) is 33.6. The third-order valence-electron chi connectivity index (χ3n) is 10.9. The predicted molar refractivity (Wildman–Crippen MR) is 297 cm³/mol. The lowest BCUT2D eigenvalue weighted by molar-refractivity contribution is -0.162. The topological polar surface area (TPSA) is 61.8 Å². The smallest absolute Gasteiger partial charge is 0.306 e. The van der Waals surface area contributed by atoms with E-state index in [2.05, 4.69) is 161 Å². The molecule has 0 N–H and O–H groups in total. The highest BCUT2D eigenvalue weighted by molar-refractivity contribution is 5.70. The van der Waals surface area contributed by atoms with Crippen LogP contribution in [-0.4, -0.2) is 37.9 Å². The molecule has 382 valence electrons. The number of hydrogen-bond donors (Lipinski definition) is 0. The standard InChI is InChI=1S/C63H100O5/c1-4-7-10-13-16-19-22-25-28-31-32-34-35-38-41-44-47-50-53-56-62(64)67-60-61(59-66-58-55-52-49-46-43-40-37-30-27-24-21-18-15-12-9-6-3)68-63(65)57-54-51-48-45-42-39-36-33-29-26-23-20-17-14-11-8-5-2/h7-12,16-21,25-30,32,34,38,41,47,50,61H,4-6,13-15,22-24,31,33,35-37,39-40,42-46,48-49,51-60H2,1-3H3/b10-7-,11-8-,12-9-,19-16-,20-17-,21-18-,28-25-,29-26-,30-27-,34-32-,41-38-,50-47-. The molecule has 0 radical (unpaired) electrons. The number of hydrogen-bond acceptors (Lipinski definition) is 5. The summed E-state index contributed by atoms with van der Waals surface area (Å²) in [4.78, 5) is 25.5. The van der Waals surface area contributed by atoms with Gasteiger partial charge in [-0.05, 0) is 122 Å². The Hall–Kier alpha value is -4.22. The molecule has 0 aliphatic rings. The lowest BCUT2D eigenvalue weighted by Gasteiger charge is -2.18. The molecule has 0 saturated carbocycles. The fraction of sp³-hybridized carbons (Fsp3) is 0.587. The minimum Gasteiger partial charge on any atom is -0.462 e. The first-order valence-corrected chi connectivity index (χ1v) is 27.4. The Kier molecular flexibility index (Phi) is 53.6. The number of rotatable bonds is 48. The van der Waals surface area contributed by atoms with Gasteiger partial charge in [0.25, 0.3) is 0 Å². The van der Waals surface area contributed by atoms with Gasteiger partial charge in [0.05, 0.1) is 6.61 Å². The molecular weight excluding hydrogens is 837 g/mol. The van der Waals surface area contributed by atoms with Crippen molar-refractivity contribution in [3.05, 3.63) is 146 Å². The van der Waals surface area contributed by atoms with Crippen molar-refractivity contribution >= 4 is 11.9 Å². The molecule has 0 heterocycles. The Morgan fingerprint density at radius 3 is 1.04 bits per heavy atom. The summed E-state index contributed by atoms with van der Waals surface area (Å²) in [6, 6.07) is 0. The zero-order chi connectivity index (χ0) is 49.2. The lowest BCUT2D eigenvalue weighted by Crippen LogP contribution is -2.30. The van der Waals surface area contributed by atoms with E-state index in [0.717, 1.165) is 122 Å². The van der Waals surface area contributed by atoms with E-state index in [9.17, 15) is 9.59 Å². The first-order valence-electron chi connectivity index (χ1n) is 27.4. The fourth-order valence-corrected chi connectivity index (χ4v) is 6.92. The van der Waals surface area contributed by atoms with Gasteiger partial charge >= 0.3 is 11.9 Å². The predicted octanol–water partition coefficient (Wildman–Crippen LogP) is 18.9. The molecule has 0 bridgehead atoms. The van der Waals surface area contributed by atoms with Crippen LogP contribution < -0.4 is 0 Å². The highest BCUT2D eigenvalue weighted by Gasteiger charge is 2.17. The molecule has 0 saturated heterocycles. The minimum absolute atomic E-state index is 0.0257. The molecule has 0 aromatic carbocycles. The number of esters is 2. The SMILES string of the molecule is CC/C=C\C/C=C\C/C=C\C/C=C\C/C=C\C/C=C\CCC(=O)OCC(COCCCCCCCC/C=C\C/C=C\C/C=C\CC)OC(=O)CCCCCCCCC/C=C\C/C=C\C/C=C\CC. The summed E-state index contributed by atoms with van der Waals surface area (Å²) in [7, 11) is 0. The van der Waals surface area contributed by atoms with E-state index < -0.39 is 6.10 Å². The number of ether oxygens (including phenoxy) is 3. The van der Waals surface area contributed by atoms with Crippen LogP contribution in [-0.2, 0) is 23.8 Å². The second-order valence-electron chi connectivity index (χ2n) is 17.3. The largest absolute Gasteiger partial charge is 0.462 e. The highest BCUT2D eigenvalue weighted by atomic mass is 16.6. The lowest BCUT2D eigenvalue weighted by atomic mass is 10.1. The van der Waals surface area contributed by atoms with Gasteiger partial charge in [0.1, 0.15) is 6.61 Å². The van der Waals surface area contributed by atoms with Crippen LogP contribution in [0.15, 0.2) is 146 Å². The molecule has 0 aromatic rings. The average molecular weight is 937 g/mol. The summed E-state index contributed by atoms with van der Waals surface area (Å²) >= 11 is 0. The van der Waals surface area contributed by atoms with Crippen LogP contribution in [0.3, 0.4) is 0 Å². The molecule has 68 heavy (non-hydrogen) atoms. The average Bonchev–Trinajstić information content (AvgIpc) is 3.34. The number of unbranched alkanes of at least 4 members (excludes halogenated alkanes) is 13. The molecule has 1 unspecified atom stereocenters. The van der Waals surface area contributed by atoms with E-state index in [0.29, 0.717) is 25.9 Å². The van der Waals surface area contributed by atoms with E-state index >= 15 is 0 Å². The zero-order valence-corrected chi connectivity index (χ0v) is 43.8. The van der Waals surface area contributed by atoms with E-state index in [-0.39, 0.29) is 25.2 Å². The van der Waals surface area contributed by atoms with Gasteiger partial charge < -0.3 is 14.2 Å².